The Morgan fingerprint density at radius 3 is 2.69 bits per heavy atom. The molecule has 2 rings (SSSR count). The van der Waals surface area contributed by atoms with Crippen molar-refractivity contribution in [2.75, 3.05) is 25.0 Å². The maximum absolute atomic E-state index is 13.5. The number of hydrogen-bond acceptors (Lipinski definition) is 4. The molecule has 3 N–H and O–H groups in total. The van der Waals surface area contributed by atoms with E-state index >= 15 is 0 Å². The van der Waals surface area contributed by atoms with Crippen LogP contribution in [-0.4, -0.2) is 40.7 Å². The maximum Gasteiger partial charge on any atom is 0.225 e. The summed E-state index contributed by atoms with van der Waals surface area (Å²) in [6, 6.07) is 11.1. The molecule has 0 aliphatic rings. The molecule has 6 heteroatoms. The lowest BCUT2D eigenvalue weighted by Crippen LogP contribution is -2.31. The highest BCUT2D eigenvalue weighted by molar-refractivity contribution is 5.90. The number of rotatable bonds is 8. The lowest BCUT2D eigenvalue weighted by Gasteiger charge is -2.23. The number of nitrogens with zero attached hydrogens (tertiary/aromatic N) is 1. The van der Waals surface area contributed by atoms with Crippen molar-refractivity contribution in [3.05, 3.63) is 59.4 Å². The summed E-state index contributed by atoms with van der Waals surface area (Å²) in [5.41, 5.74) is 1.59. The van der Waals surface area contributed by atoms with E-state index in [1.165, 1.54) is 12.1 Å². The summed E-state index contributed by atoms with van der Waals surface area (Å²) in [5, 5.41) is 22.5. The van der Waals surface area contributed by atoms with E-state index in [9.17, 15) is 19.4 Å². The SMILES string of the molecule is CCN(CCC(=O)Nc1ccc(C)c(F)c1)C[C@@H](O)c1cccc(O)c1. The number of benzene rings is 2. The van der Waals surface area contributed by atoms with E-state index in [2.05, 4.69) is 5.32 Å². The van der Waals surface area contributed by atoms with Crippen LogP contribution in [0, 0.1) is 12.7 Å². The molecule has 0 aliphatic carbocycles. The van der Waals surface area contributed by atoms with Crippen LogP contribution in [0.25, 0.3) is 0 Å². The topological polar surface area (TPSA) is 72.8 Å². The molecule has 0 unspecified atom stereocenters. The van der Waals surface area contributed by atoms with Crippen LogP contribution < -0.4 is 5.32 Å². The second kappa shape index (κ2) is 9.31. The van der Waals surface area contributed by atoms with E-state index in [4.69, 9.17) is 0 Å². The second-order valence-electron chi connectivity index (χ2n) is 6.27. The standard InChI is InChI=1S/C20H25FN2O3/c1-3-23(13-19(25)15-5-4-6-17(24)11-15)10-9-20(26)22-16-8-7-14(2)18(21)12-16/h4-8,11-12,19,24-25H,3,9-10,13H2,1-2H3,(H,22,26)/t19-/m1/s1. The summed E-state index contributed by atoms with van der Waals surface area (Å²) >= 11 is 0. The fourth-order valence-corrected chi connectivity index (χ4v) is 2.61. The Morgan fingerprint density at radius 1 is 1.27 bits per heavy atom. The quantitative estimate of drug-likeness (QED) is 0.676. The molecule has 0 spiro atoms. The Kier molecular flexibility index (Phi) is 7.12. The van der Waals surface area contributed by atoms with Crippen molar-refractivity contribution in [1.29, 1.82) is 0 Å². The molecular weight excluding hydrogens is 335 g/mol. The van der Waals surface area contributed by atoms with Gasteiger partial charge in [-0.1, -0.05) is 25.1 Å². The van der Waals surface area contributed by atoms with Gasteiger partial charge in [-0.05, 0) is 48.9 Å². The van der Waals surface area contributed by atoms with E-state index in [1.54, 1.807) is 37.3 Å². The number of hydrogen-bond donors (Lipinski definition) is 3. The van der Waals surface area contributed by atoms with Crippen LogP contribution >= 0.6 is 0 Å². The van der Waals surface area contributed by atoms with E-state index < -0.39 is 6.10 Å². The summed E-state index contributed by atoms with van der Waals surface area (Å²) in [6.07, 6.45) is -0.521. The number of phenolic OH excluding ortho intramolecular Hbond substituents is 1. The van der Waals surface area contributed by atoms with Crippen LogP contribution in [0.2, 0.25) is 0 Å². The number of phenols is 1. The van der Waals surface area contributed by atoms with Crippen LogP contribution in [0.4, 0.5) is 10.1 Å². The number of aromatic hydroxyl groups is 1. The van der Waals surface area contributed by atoms with E-state index in [-0.39, 0.29) is 23.9 Å². The first-order valence-corrected chi connectivity index (χ1v) is 8.64. The van der Waals surface area contributed by atoms with Crippen LogP contribution in [0.5, 0.6) is 5.75 Å². The van der Waals surface area contributed by atoms with Gasteiger partial charge >= 0.3 is 0 Å². The minimum absolute atomic E-state index is 0.106. The number of likely N-dealkylation sites (N-methyl/N-ethyl adjacent to an activating group) is 1. The molecule has 0 radical (unpaired) electrons. The van der Waals surface area contributed by atoms with Gasteiger partial charge in [-0.2, -0.15) is 0 Å². The normalized spacial score (nSPS) is 12.2. The molecule has 1 atom stereocenters. The average molecular weight is 360 g/mol. The molecule has 0 aromatic heterocycles. The monoisotopic (exact) mass is 360 g/mol. The number of anilines is 1. The molecule has 0 saturated heterocycles. The van der Waals surface area contributed by atoms with Gasteiger partial charge in [0, 0.05) is 25.2 Å². The summed E-state index contributed by atoms with van der Waals surface area (Å²) in [5.74, 6) is -0.458. The lowest BCUT2D eigenvalue weighted by molar-refractivity contribution is -0.116. The number of halogens is 1. The van der Waals surface area contributed by atoms with Gasteiger partial charge in [0.2, 0.25) is 5.91 Å². The van der Waals surface area contributed by atoms with Gasteiger partial charge in [-0.3, -0.25) is 4.79 Å². The molecule has 140 valence electrons. The van der Waals surface area contributed by atoms with Crippen molar-refractivity contribution < 1.29 is 19.4 Å². The minimum atomic E-state index is -0.753. The van der Waals surface area contributed by atoms with Crippen LogP contribution in [-0.2, 0) is 4.79 Å². The molecule has 2 aromatic rings. The largest absolute Gasteiger partial charge is 0.508 e. The Hall–Kier alpha value is -2.44. The molecule has 0 saturated carbocycles. The molecule has 2 aromatic carbocycles. The summed E-state index contributed by atoms with van der Waals surface area (Å²) in [6.45, 7) is 5.10. The highest BCUT2D eigenvalue weighted by Gasteiger charge is 2.14. The summed E-state index contributed by atoms with van der Waals surface area (Å²) in [4.78, 5) is 14.0. The number of aliphatic hydroxyl groups excluding tert-OH is 1. The molecular formula is C20H25FN2O3. The van der Waals surface area contributed by atoms with Gasteiger partial charge in [-0.25, -0.2) is 4.39 Å². The number of carbonyl (C=O) groups excluding carboxylic acids is 1. The van der Waals surface area contributed by atoms with Crippen molar-refractivity contribution in [3.8, 4) is 5.75 Å². The van der Waals surface area contributed by atoms with E-state index in [1.807, 2.05) is 11.8 Å². The first-order chi connectivity index (χ1) is 12.4. The molecule has 0 heterocycles. The summed E-state index contributed by atoms with van der Waals surface area (Å²) < 4.78 is 13.5. The van der Waals surface area contributed by atoms with Gasteiger partial charge in [0.05, 0.1) is 6.10 Å². The molecule has 1 amide bonds. The number of aryl methyl sites for hydroxylation is 1. The third-order valence-corrected chi connectivity index (χ3v) is 4.24. The van der Waals surface area contributed by atoms with E-state index in [0.29, 0.717) is 36.4 Å². The highest BCUT2D eigenvalue weighted by atomic mass is 19.1. The van der Waals surface area contributed by atoms with E-state index in [0.717, 1.165) is 0 Å². The fraction of sp³-hybridized carbons (Fsp3) is 0.350. The first-order valence-electron chi connectivity index (χ1n) is 8.64. The van der Waals surface area contributed by atoms with Crippen molar-refractivity contribution in [2.45, 2.75) is 26.4 Å². The smallest absolute Gasteiger partial charge is 0.225 e. The average Bonchev–Trinajstić information content (AvgIpc) is 2.61. The van der Waals surface area contributed by atoms with Crippen LogP contribution in [0.15, 0.2) is 42.5 Å². The molecule has 0 aliphatic heterocycles. The van der Waals surface area contributed by atoms with Crippen molar-refractivity contribution >= 4 is 11.6 Å². The van der Waals surface area contributed by atoms with Gasteiger partial charge in [0.15, 0.2) is 0 Å². The summed E-state index contributed by atoms with van der Waals surface area (Å²) in [7, 11) is 0. The van der Waals surface area contributed by atoms with Crippen LogP contribution in [0.1, 0.15) is 30.6 Å². The van der Waals surface area contributed by atoms with Crippen molar-refractivity contribution in [1.82, 2.24) is 4.90 Å². The first kappa shape index (κ1) is 19.9. The second-order valence-corrected chi connectivity index (χ2v) is 6.27. The molecule has 26 heavy (non-hydrogen) atoms. The highest BCUT2D eigenvalue weighted by Crippen LogP contribution is 2.19. The number of amides is 1. The van der Waals surface area contributed by atoms with Crippen LogP contribution in [0.3, 0.4) is 0 Å². The Labute approximate surface area is 153 Å². The Morgan fingerprint density at radius 2 is 2.04 bits per heavy atom. The molecule has 0 fully saturated rings. The van der Waals surface area contributed by atoms with Gasteiger partial charge < -0.3 is 20.4 Å². The fourth-order valence-electron chi connectivity index (χ4n) is 2.61. The third kappa shape index (κ3) is 5.82. The van der Waals surface area contributed by atoms with Gasteiger partial charge in [0.1, 0.15) is 11.6 Å². The zero-order chi connectivity index (χ0) is 19.1. The number of carbonyl (C=O) groups is 1. The predicted molar refractivity (Wildman–Crippen MR) is 99.6 cm³/mol. The molecule has 5 nitrogen and oxygen atoms in total. The van der Waals surface area contributed by atoms with Gasteiger partial charge in [0.25, 0.3) is 0 Å². The number of nitrogens with one attached hydrogen (secondary N) is 1. The maximum atomic E-state index is 13.5. The lowest BCUT2D eigenvalue weighted by atomic mass is 10.1. The minimum Gasteiger partial charge on any atom is -0.508 e. The van der Waals surface area contributed by atoms with Crippen molar-refractivity contribution in [3.63, 3.8) is 0 Å². The zero-order valence-corrected chi connectivity index (χ0v) is 15.1. The third-order valence-electron chi connectivity index (χ3n) is 4.24. The Bertz CT molecular complexity index is 752. The van der Waals surface area contributed by atoms with Gasteiger partial charge in [-0.15, -0.1) is 0 Å². The predicted octanol–water partition coefficient (Wildman–Crippen LogP) is 3.22. The zero-order valence-electron chi connectivity index (χ0n) is 15.1. The Balaban J connectivity index is 1.85. The number of aliphatic hydroxyl groups is 1. The molecule has 0 bridgehead atoms. The van der Waals surface area contributed by atoms with Crippen molar-refractivity contribution in [2.24, 2.45) is 0 Å².